The second kappa shape index (κ2) is 11.5. The molecule has 7 aromatic rings. The summed E-state index contributed by atoms with van der Waals surface area (Å²) in [5.41, 5.74) is 5.74. The number of nitriles is 2. The van der Waals surface area contributed by atoms with E-state index in [0.29, 0.717) is 51.6 Å². The van der Waals surface area contributed by atoms with Crippen LogP contribution < -0.4 is 5.32 Å². The number of nitrogens with zero attached hydrogens (tertiary/aromatic N) is 7. The lowest BCUT2D eigenvalue weighted by molar-refractivity contribution is 0.628. The summed E-state index contributed by atoms with van der Waals surface area (Å²) in [4.78, 5) is 24.4. The predicted molar refractivity (Wildman–Crippen MR) is 157 cm³/mol. The van der Waals surface area contributed by atoms with Crippen molar-refractivity contribution in [3.63, 3.8) is 0 Å². The summed E-state index contributed by atoms with van der Waals surface area (Å²) >= 11 is 0. The van der Waals surface area contributed by atoms with E-state index in [1.807, 2.05) is 54.6 Å². The van der Waals surface area contributed by atoms with Crippen molar-refractivity contribution >= 4 is 38.8 Å². The highest BCUT2D eigenvalue weighted by Gasteiger charge is 2.14. The highest BCUT2D eigenvalue weighted by atomic mass is 19.1. The van der Waals surface area contributed by atoms with Crippen molar-refractivity contribution in [2.24, 2.45) is 0 Å². The molecular weight excluding hydrogens is 529 g/mol. The zero-order valence-corrected chi connectivity index (χ0v) is 22.0. The fourth-order valence-electron chi connectivity index (χ4n) is 4.56. The summed E-state index contributed by atoms with van der Waals surface area (Å²) in [5.74, 6) is 0.255. The standard InChI is InChI=1S/C22H14FN7.C10H6N2/c23-17-6-2-4-14(8-17)19-16(7-13-3-1-5-15(9-24)18(13)30-19)10-25-21-20-22(27-11-26-20)29-12-28-21;11-7-9-6-5-8-3-1-2-4-10(8)12-9/h1-8,11-12H,10H2,(H2,25,26,27,28,29);1-6H. The number of rotatable bonds is 4. The monoisotopic (exact) mass is 549 g/mol. The molecule has 0 amide bonds. The topological polar surface area (TPSA) is 140 Å². The predicted octanol–water partition coefficient (Wildman–Crippen LogP) is 6.30. The molecule has 0 spiro atoms. The van der Waals surface area contributed by atoms with Crippen LogP contribution in [-0.2, 0) is 6.54 Å². The van der Waals surface area contributed by atoms with Crippen molar-refractivity contribution in [3.8, 4) is 23.4 Å². The van der Waals surface area contributed by atoms with Crippen molar-refractivity contribution in [1.29, 1.82) is 10.5 Å². The van der Waals surface area contributed by atoms with Gasteiger partial charge in [-0.1, -0.05) is 42.5 Å². The van der Waals surface area contributed by atoms with Crippen LogP contribution in [0.1, 0.15) is 16.8 Å². The van der Waals surface area contributed by atoms with Gasteiger partial charge in [-0.2, -0.15) is 10.5 Å². The van der Waals surface area contributed by atoms with Gasteiger partial charge in [-0.15, -0.1) is 0 Å². The molecule has 200 valence electrons. The van der Waals surface area contributed by atoms with E-state index in [1.165, 1.54) is 18.5 Å². The molecule has 3 aromatic carbocycles. The molecule has 0 atom stereocenters. The number of imidazole rings is 1. The van der Waals surface area contributed by atoms with Crippen molar-refractivity contribution in [2.45, 2.75) is 6.54 Å². The van der Waals surface area contributed by atoms with Gasteiger partial charge >= 0.3 is 0 Å². The molecule has 9 nitrogen and oxygen atoms in total. The number of halogens is 1. The van der Waals surface area contributed by atoms with Crippen molar-refractivity contribution in [3.05, 3.63) is 120 Å². The van der Waals surface area contributed by atoms with Gasteiger partial charge < -0.3 is 10.3 Å². The summed E-state index contributed by atoms with van der Waals surface area (Å²) in [6.07, 6.45) is 3.00. The number of nitrogens with one attached hydrogen (secondary N) is 2. The molecule has 7 rings (SSSR count). The number of anilines is 1. The van der Waals surface area contributed by atoms with E-state index >= 15 is 0 Å². The van der Waals surface area contributed by atoms with Gasteiger partial charge in [0.05, 0.1) is 28.6 Å². The molecule has 0 aliphatic rings. The Morgan fingerprint density at radius 2 is 1.67 bits per heavy atom. The van der Waals surface area contributed by atoms with Gasteiger partial charge in [-0.05, 0) is 48.0 Å². The maximum Gasteiger partial charge on any atom is 0.182 e. The average Bonchev–Trinajstić information content (AvgIpc) is 3.53. The van der Waals surface area contributed by atoms with Crippen LogP contribution >= 0.6 is 0 Å². The van der Waals surface area contributed by atoms with Gasteiger partial charge in [-0.25, -0.2) is 29.3 Å². The quantitative estimate of drug-likeness (QED) is 0.261. The van der Waals surface area contributed by atoms with Crippen LogP contribution in [0.2, 0.25) is 0 Å². The molecule has 42 heavy (non-hydrogen) atoms. The molecule has 2 N–H and O–H groups in total. The number of hydrogen-bond donors (Lipinski definition) is 2. The van der Waals surface area contributed by atoms with Crippen LogP contribution in [0.5, 0.6) is 0 Å². The number of benzene rings is 3. The normalized spacial score (nSPS) is 10.5. The van der Waals surface area contributed by atoms with E-state index in [0.717, 1.165) is 21.9 Å². The number of H-pyrrole nitrogens is 1. The van der Waals surface area contributed by atoms with Crippen LogP contribution in [0.25, 0.3) is 44.2 Å². The van der Waals surface area contributed by atoms with Crippen LogP contribution in [-0.4, -0.2) is 29.9 Å². The van der Waals surface area contributed by atoms with Crippen LogP contribution in [0.4, 0.5) is 10.2 Å². The van der Waals surface area contributed by atoms with E-state index in [-0.39, 0.29) is 5.82 Å². The lowest BCUT2D eigenvalue weighted by Gasteiger charge is -2.13. The Labute approximate surface area is 239 Å². The van der Waals surface area contributed by atoms with Gasteiger partial charge in [0.15, 0.2) is 11.5 Å². The molecule has 0 saturated heterocycles. The number of pyridine rings is 2. The molecule has 4 aromatic heterocycles. The lowest BCUT2D eigenvalue weighted by atomic mass is 10.0. The molecule has 0 aliphatic heterocycles. The van der Waals surface area contributed by atoms with Gasteiger partial charge in [0.1, 0.15) is 35.5 Å². The molecule has 0 aliphatic carbocycles. The van der Waals surface area contributed by atoms with Crippen LogP contribution in [0, 0.1) is 28.5 Å². The van der Waals surface area contributed by atoms with Gasteiger partial charge in [0.25, 0.3) is 0 Å². The zero-order chi connectivity index (χ0) is 28.9. The number of para-hydroxylation sites is 2. The molecule has 0 unspecified atom stereocenters. The third-order valence-corrected chi connectivity index (χ3v) is 6.53. The van der Waals surface area contributed by atoms with E-state index in [1.54, 1.807) is 30.6 Å². The summed E-state index contributed by atoms with van der Waals surface area (Å²) in [6, 6.07) is 29.2. The molecule has 0 radical (unpaired) electrons. The first-order chi connectivity index (χ1) is 20.6. The van der Waals surface area contributed by atoms with Crippen molar-refractivity contribution in [2.75, 3.05) is 5.32 Å². The Hall–Kier alpha value is -6.26. The van der Waals surface area contributed by atoms with E-state index in [9.17, 15) is 9.65 Å². The largest absolute Gasteiger partial charge is 0.364 e. The van der Waals surface area contributed by atoms with E-state index < -0.39 is 0 Å². The van der Waals surface area contributed by atoms with E-state index in [2.05, 4.69) is 36.3 Å². The Morgan fingerprint density at radius 1 is 0.810 bits per heavy atom. The third-order valence-electron chi connectivity index (χ3n) is 6.53. The maximum absolute atomic E-state index is 13.9. The average molecular weight is 550 g/mol. The summed E-state index contributed by atoms with van der Waals surface area (Å²) in [6.45, 7) is 0.386. The van der Waals surface area contributed by atoms with Gasteiger partial charge in [-0.3, -0.25) is 0 Å². The molecule has 10 heteroatoms. The lowest BCUT2D eigenvalue weighted by Crippen LogP contribution is -2.06. The molecular formula is C32H20FN9. The highest BCUT2D eigenvalue weighted by Crippen LogP contribution is 2.29. The first-order valence-corrected chi connectivity index (χ1v) is 12.9. The smallest absolute Gasteiger partial charge is 0.182 e. The molecule has 4 heterocycles. The Bertz CT molecular complexity index is 2160. The maximum atomic E-state index is 13.9. The van der Waals surface area contributed by atoms with Crippen molar-refractivity contribution in [1.82, 2.24) is 29.9 Å². The second-order valence-corrected chi connectivity index (χ2v) is 9.17. The first-order valence-electron chi connectivity index (χ1n) is 12.9. The van der Waals surface area contributed by atoms with Crippen LogP contribution in [0.3, 0.4) is 0 Å². The zero-order valence-electron chi connectivity index (χ0n) is 22.0. The highest BCUT2D eigenvalue weighted by molar-refractivity contribution is 5.88. The Morgan fingerprint density at radius 3 is 2.52 bits per heavy atom. The summed E-state index contributed by atoms with van der Waals surface area (Å²) in [7, 11) is 0. The summed E-state index contributed by atoms with van der Waals surface area (Å²) < 4.78 is 13.9. The second-order valence-electron chi connectivity index (χ2n) is 9.17. The number of fused-ring (bicyclic) bond motifs is 3. The SMILES string of the molecule is N#Cc1ccc2ccccc2n1.N#Cc1cccc2cc(CNc3ncnc4nc[nH]c34)c(-c3cccc(F)c3)nc12. The van der Waals surface area contributed by atoms with E-state index in [4.69, 9.17) is 10.2 Å². The number of hydrogen-bond acceptors (Lipinski definition) is 8. The number of aromatic amines is 1. The summed E-state index contributed by atoms with van der Waals surface area (Å²) in [5, 5.41) is 23.2. The molecule has 0 saturated carbocycles. The minimum atomic E-state index is -0.350. The molecule has 0 fully saturated rings. The third kappa shape index (κ3) is 5.28. The fraction of sp³-hybridized carbons (Fsp3) is 0.0312. The van der Waals surface area contributed by atoms with Gasteiger partial charge in [0.2, 0.25) is 0 Å². The minimum absolute atomic E-state index is 0.350. The molecule has 0 bridgehead atoms. The Balaban J connectivity index is 0.000000219. The van der Waals surface area contributed by atoms with Crippen LogP contribution in [0.15, 0.2) is 97.6 Å². The first kappa shape index (κ1) is 26.0. The Kier molecular flexibility index (Phi) is 7.09. The fourth-order valence-corrected chi connectivity index (χ4v) is 4.56. The van der Waals surface area contributed by atoms with Crippen molar-refractivity contribution < 1.29 is 4.39 Å². The minimum Gasteiger partial charge on any atom is -0.364 e. The van der Waals surface area contributed by atoms with Gasteiger partial charge in [0, 0.05) is 22.9 Å². The number of aromatic nitrogens is 6.